The molecule has 11 aliphatic rings. The Morgan fingerprint density at radius 3 is 2.49 bits per heavy atom. The SMILES string of the molecule is C[C@@H](O)c1ccc2c(c1)=C[C@@H]1[C@H](C=2)CC[C@@]23CCC4[C@](C)([C@H](O)CO)[C@@H](O)CC[C@]41[C@H]2C(=O)C=C1[C@H]2C[C@@]4(C)CCC#C[C@@H](O)[C@@]25[C@]2(CCCC2C=C[C@@]5(O)C[C@]13C)C4. The Morgan fingerprint density at radius 1 is 0.915 bits per heavy atom. The fourth-order valence-electron chi connectivity index (χ4n) is 19.0. The van der Waals surface area contributed by atoms with Crippen LogP contribution in [0.15, 0.2) is 42.0 Å². The molecule has 2 unspecified atom stereocenters. The number of hydrogen-bond acceptors (Lipinski definition) is 7. The van der Waals surface area contributed by atoms with E-state index in [1.165, 1.54) is 0 Å². The zero-order chi connectivity index (χ0) is 41.3. The average molecular weight is 803 g/mol. The van der Waals surface area contributed by atoms with Gasteiger partial charge in [0, 0.05) is 17.8 Å². The van der Waals surface area contributed by atoms with E-state index in [2.05, 4.69) is 68.2 Å². The molecule has 4 bridgehead atoms. The van der Waals surface area contributed by atoms with Gasteiger partial charge in [0.25, 0.3) is 0 Å². The third-order valence-electron chi connectivity index (χ3n) is 21.0. The van der Waals surface area contributed by atoms with E-state index >= 15 is 4.79 Å². The Labute approximate surface area is 349 Å². The van der Waals surface area contributed by atoms with Gasteiger partial charge in [-0.25, -0.2) is 0 Å². The van der Waals surface area contributed by atoms with E-state index in [-0.39, 0.29) is 46.2 Å². The summed E-state index contributed by atoms with van der Waals surface area (Å²) < 4.78 is 0. The predicted molar refractivity (Wildman–Crippen MR) is 225 cm³/mol. The van der Waals surface area contributed by atoms with E-state index < -0.39 is 69.6 Å². The lowest BCUT2D eigenvalue weighted by Crippen LogP contribution is -2.78. The normalized spacial score (nSPS) is 53.1. The number of carbonyl (C=O) groups is 1. The summed E-state index contributed by atoms with van der Waals surface area (Å²) >= 11 is 0. The van der Waals surface area contributed by atoms with Gasteiger partial charge in [-0.3, -0.25) is 4.79 Å². The number of ketones is 1. The molecule has 316 valence electrons. The van der Waals surface area contributed by atoms with Gasteiger partial charge in [0.15, 0.2) is 5.78 Å². The highest BCUT2D eigenvalue weighted by Crippen LogP contribution is 2.85. The smallest absolute Gasteiger partial charge is 0.159 e. The Balaban J connectivity index is 1.18. The van der Waals surface area contributed by atoms with Gasteiger partial charge >= 0.3 is 0 Å². The monoisotopic (exact) mass is 802 g/mol. The van der Waals surface area contributed by atoms with E-state index in [4.69, 9.17) is 0 Å². The summed E-state index contributed by atoms with van der Waals surface area (Å²) in [6, 6.07) is 6.23. The fourth-order valence-corrected chi connectivity index (χ4v) is 19.0. The molecule has 3 spiro atoms. The second-order valence-electron chi connectivity index (χ2n) is 22.8. The Hall–Kier alpha value is -2.57. The van der Waals surface area contributed by atoms with E-state index in [1.54, 1.807) is 6.92 Å². The molecule has 0 amide bonds. The molecule has 6 saturated carbocycles. The minimum absolute atomic E-state index is 0.0576. The van der Waals surface area contributed by atoms with Crippen molar-refractivity contribution >= 4 is 17.9 Å². The van der Waals surface area contributed by atoms with Crippen LogP contribution in [0, 0.1) is 85.3 Å². The number of aliphatic hydroxyl groups is 6. The summed E-state index contributed by atoms with van der Waals surface area (Å²) in [6.45, 7) is 8.11. The Bertz CT molecular complexity index is 2260. The minimum atomic E-state index is -1.34. The molecule has 7 nitrogen and oxygen atoms in total. The first-order valence-corrected chi connectivity index (χ1v) is 23.3. The fraction of sp³-hybridized carbons (Fsp3) is 0.712. The van der Waals surface area contributed by atoms with Gasteiger partial charge in [-0.05, 0) is 169 Å². The van der Waals surface area contributed by atoms with Crippen LogP contribution in [0.5, 0.6) is 0 Å². The average Bonchev–Trinajstić information content (AvgIpc) is 3.61. The number of hydrogen-bond donors (Lipinski definition) is 6. The van der Waals surface area contributed by atoms with Crippen molar-refractivity contribution in [2.75, 3.05) is 6.61 Å². The zero-order valence-electron chi connectivity index (χ0n) is 35.6. The largest absolute Gasteiger partial charge is 0.394 e. The van der Waals surface area contributed by atoms with Crippen molar-refractivity contribution in [3.8, 4) is 11.8 Å². The van der Waals surface area contributed by atoms with Crippen LogP contribution in [0.2, 0.25) is 0 Å². The maximum absolute atomic E-state index is 16.2. The third kappa shape index (κ3) is 4.41. The van der Waals surface area contributed by atoms with E-state index in [0.29, 0.717) is 25.7 Å². The van der Waals surface area contributed by atoms with Crippen molar-refractivity contribution < 1.29 is 35.4 Å². The zero-order valence-corrected chi connectivity index (χ0v) is 35.6. The second kappa shape index (κ2) is 12.3. The van der Waals surface area contributed by atoms with Gasteiger partial charge in [0.05, 0.1) is 35.9 Å². The topological polar surface area (TPSA) is 138 Å². The first-order chi connectivity index (χ1) is 28.0. The van der Waals surface area contributed by atoms with Crippen LogP contribution >= 0.6 is 0 Å². The Morgan fingerprint density at radius 2 is 1.71 bits per heavy atom. The molecule has 59 heavy (non-hydrogen) atoms. The summed E-state index contributed by atoms with van der Waals surface area (Å²) in [5.74, 6) is 6.27. The number of fused-ring (bicyclic) bond motifs is 6. The minimum Gasteiger partial charge on any atom is -0.394 e. The van der Waals surface area contributed by atoms with Gasteiger partial charge in [-0.1, -0.05) is 75.1 Å². The van der Waals surface area contributed by atoms with Gasteiger partial charge < -0.3 is 30.6 Å². The molecule has 1 aromatic carbocycles. The molecule has 18 atom stereocenters. The van der Waals surface area contributed by atoms with Gasteiger partial charge in [-0.15, -0.1) is 5.92 Å². The highest BCUT2D eigenvalue weighted by Gasteiger charge is 2.83. The lowest BCUT2D eigenvalue weighted by molar-refractivity contribution is -0.294. The lowest BCUT2D eigenvalue weighted by Gasteiger charge is -2.78. The summed E-state index contributed by atoms with van der Waals surface area (Å²) in [5, 5.41) is 74.2. The van der Waals surface area contributed by atoms with E-state index in [9.17, 15) is 30.6 Å². The summed E-state index contributed by atoms with van der Waals surface area (Å²) in [6.07, 6.45) is 18.7. The van der Waals surface area contributed by atoms with E-state index in [1.807, 2.05) is 13.0 Å². The maximum atomic E-state index is 16.2. The molecular weight excluding hydrogens is 737 g/mol. The van der Waals surface area contributed by atoms with Crippen LogP contribution in [0.25, 0.3) is 12.2 Å². The lowest BCUT2D eigenvalue weighted by atomic mass is 9.26. The predicted octanol–water partition coefficient (Wildman–Crippen LogP) is 5.42. The van der Waals surface area contributed by atoms with Crippen LogP contribution in [-0.4, -0.2) is 66.9 Å². The molecule has 0 heterocycles. The molecule has 6 fully saturated rings. The maximum Gasteiger partial charge on any atom is 0.159 e. The standard InChI is InChI=1S/C52H66O7/c1-30(54)31-10-11-32-23-33-12-18-48-19-14-40-47(4,43(58)27-53)41(56)15-21-51(40,36(33)24-34(32)22-31)44(48)39(55)25-37-38-26-45(2)16-6-5-9-42(57)52(38)49(28-45)17-7-8-35(49)13-20-50(52,59)29-46(37,48)3/h10-11,13,20,22-25,30,33,35-36,38,40-44,53-54,56-59H,6-8,12,14-19,21,26-29H2,1-4H3/t30-,33+,35?,36-,38-,40?,41+,42-,43-,44+,45-,46-,47+,48-,49-,50-,51-,52-/m1/s1. The van der Waals surface area contributed by atoms with Crippen LogP contribution in [0.3, 0.4) is 0 Å². The van der Waals surface area contributed by atoms with Crippen molar-refractivity contribution in [3.05, 3.63) is 58.0 Å². The molecule has 7 heteroatoms. The highest BCUT2D eigenvalue weighted by molar-refractivity contribution is 5.96. The quantitative estimate of drug-likeness (QED) is 0.178. The number of carbonyl (C=O) groups excluding carboxylic acids is 1. The van der Waals surface area contributed by atoms with Crippen molar-refractivity contribution in [1.82, 2.24) is 0 Å². The molecule has 12 rings (SSSR count). The van der Waals surface area contributed by atoms with Gasteiger partial charge in [-0.2, -0.15) is 0 Å². The first kappa shape index (κ1) is 39.3. The van der Waals surface area contributed by atoms with Crippen LogP contribution in [0.1, 0.15) is 129 Å². The highest BCUT2D eigenvalue weighted by atomic mass is 16.3. The molecule has 0 saturated heterocycles. The molecule has 0 aromatic heterocycles. The summed E-state index contributed by atoms with van der Waals surface area (Å²) in [7, 11) is 0. The number of benzene rings is 1. The number of rotatable bonds is 3. The third-order valence-corrected chi connectivity index (χ3v) is 21.0. The molecule has 11 aliphatic carbocycles. The van der Waals surface area contributed by atoms with Crippen LogP contribution in [-0.2, 0) is 4.79 Å². The number of allylic oxidation sites excluding steroid dienone is 3. The molecular formula is C52H66O7. The van der Waals surface area contributed by atoms with Crippen molar-refractivity contribution in [2.45, 2.75) is 148 Å². The molecule has 1 aromatic rings. The molecule has 0 radical (unpaired) electrons. The Kier molecular flexibility index (Phi) is 8.21. The van der Waals surface area contributed by atoms with Crippen molar-refractivity contribution in [3.63, 3.8) is 0 Å². The van der Waals surface area contributed by atoms with Crippen molar-refractivity contribution in [2.24, 2.45) is 73.4 Å². The van der Waals surface area contributed by atoms with Crippen molar-refractivity contribution in [1.29, 1.82) is 0 Å². The summed E-state index contributed by atoms with van der Waals surface area (Å²) in [4.78, 5) is 16.2. The van der Waals surface area contributed by atoms with Gasteiger partial charge in [0.1, 0.15) is 6.10 Å². The van der Waals surface area contributed by atoms with Crippen LogP contribution in [0.4, 0.5) is 0 Å². The van der Waals surface area contributed by atoms with Crippen LogP contribution < -0.4 is 10.4 Å². The number of aliphatic hydroxyl groups excluding tert-OH is 5. The molecule has 6 N–H and O–H groups in total. The molecule has 0 aliphatic heterocycles. The van der Waals surface area contributed by atoms with Gasteiger partial charge in [0.2, 0.25) is 0 Å². The summed E-state index contributed by atoms with van der Waals surface area (Å²) in [5.41, 5.74) is -3.49. The second-order valence-corrected chi connectivity index (χ2v) is 22.8. The first-order valence-electron chi connectivity index (χ1n) is 23.3. The van der Waals surface area contributed by atoms with E-state index in [0.717, 1.165) is 85.8 Å².